The van der Waals surface area contributed by atoms with Crippen LogP contribution < -0.4 is 0 Å². The van der Waals surface area contributed by atoms with Crippen LogP contribution in [0.25, 0.3) is 0 Å². The Kier molecular flexibility index (Phi) is 4.77. The summed E-state index contributed by atoms with van der Waals surface area (Å²) in [6.45, 7) is 8.23. The van der Waals surface area contributed by atoms with Gasteiger partial charge in [0.25, 0.3) is 0 Å². The monoisotopic (exact) mass is 255 g/mol. The molecule has 4 heteroatoms. The summed E-state index contributed by atoms with van der Waals surface area (Å²) in [5.41, 5.74) is -0.978. The van der Waals surface area contributed by atoms with Gasteiger partial charge in [0.1, 0.15) is 5.54 Å². The summed E-state index contributed by atoms with van der Waals surface area (Å²) in [7, 11) is 0. The maximum absolute atomic E-state index is 11.8. The highest BCUT2D eigenvalue weighted by Crippen LogP contribution is 2.40. The number of carbonyl (C=O) groups is 2. The lowest BCUT2D eigenvalue weighted by molar-refractivity contribution is -0.163. The zero-order chi connectivity index (χ0) is 13.9. The minimum absolute atomic E-state index is 0.124. The van der Waals surface area contributed by atoms with Crippen LogP contribution in [0.3, 0.4) is 0 Å². The van der Waals surface area contributed by atoms with Crippen molar-refractivity contribution in [3.05, 3.63) is 0 Å². The van der Waals surface area contributed by atoms with Crippen LogP contribution in [0.5, 0.6) is 0 Å². The van der Waals surface area contributed by atoms with Crippen LogP contribution in [0.2, 0.25) is 0 Å². The van der Waals surface area contributed by atoms with Gasteiger partial charge in [0.15, 0.2) is 0 Å². The van der Waals surface area contributed by atoms with E-state index in [-0.39, 0.29) is 5.91 Å². The zero-order valence-corrected chi connectivity index (χ0v) is 11.9. The Balaban J connectivity index is 3.06. The average Bonchev–Trinajstić information content (AvgIpc) is 2.29. The van der Waals surface area contributed by atoms with Crippen LogP contribution in [0.1, 0.15) is 53.4 Å². The first-order valence-electron chi connectivity index (χ1n) is 6.86. The molecule has 4 nitrogen and oxygen atoms in total. The summed E-state index contributed by atoms with van der Waals surface area (Å²) >= 11 is 0. The number of hydrogen-bond donors (Lipinski definition) is 1. The lowest BCUT2D eigenvalue weighted by Crippen LogP contribution is -2.59. The first-order chi connectivity index (χ1) is 8.35. The second kappa shape index (κ2) is 5.72. The van der Waals surface area contributed by atoms with Gasteiger partial charge in [-0.05, 0) is 37.5 Å². The number of rotatable bonds is 4. The fourth-order valence-corrected chi connectivity index (χ4v) is 3.04. The van der Waals surface area contributed by atoms with Crippen molar-refractivity contribution in [3.8, 4) is 0 Å². The normalized spacial score (nSPS) is 32.0. The Labute approximate surface area is 109 Å². The standard InChI is InChI=1S/C14H25NO3/c1-5-8-15(12(4)16)14(13(17)18)7-6-10(2)11(3)9-14/h10-11H,5-9H2,1-4H3,(H,17,18). The third-order valence-corrected chi connectivity index (χ3v) is 4.39. The van der Waals surface area contributed by atoms with E-state index >= 15 is 0 Å². The second-order valence-corrected chi connectivity index (χ2v) is 5.70. The number of amides is 1. The van der Waals surface area contributed by atoms with Crippen molar-refractivity contribution < 1.29 is 14.7 Å². The quantitative estimate of drug-likeness (QED) is 0.839. The molecule has 0 aromatic heterocycles. The molecule has 0 saturated heterocycles. The molecule has 0 aromatic carbocycles. The molecule has 104 valence electrons. The van der Waals surface area contributed by atoms with Crippen molar-refractivity contribution >= 4 is 11.9 Å². The molecule has 0 radical (unpaired) electrons. The summed E-state index contributed by atoms with van der Waals surface area (Å²) in [6.07, 6.45) is 2.82. The largest absolute Gasteiger partial charge is 0.479 e. The molecule has 1 rings (SSSR count). The third-order valence-electron chi connectivity index (χ3n) is 4.39. The second-order valence-electron chi connectivity index (χ2n) is 5.70. The molecule has 3 unspecified atom stereocenters. The summed E-state index contributed by atoms with van der Waals surface area (Å²) < 4.78 is 0. The minimum Gasteiger partial charge on any atom is -0.479 e. The summed E-state index contributed by atoms with van der Waals surface area (Å²) in [5, 5.41) is 9.64. The average molecular weight is 255 g/mol. The molecule has 0 aliphatic heterocycles. The number of hydrogen-bond acceptors (Lipinski definition) is 2. The highest BCUT2D eigenvalue weighted by Gasteiger charge is 2.49. The lowest BCUT2D eigenvalue weighted by atomic mass is 9.70. The molecule has 0 bridgehead atoms. The van der Waals surface area contributed by atoms with E-state index in [1.54, 1.807) is 4.90 Å². The molecule has 1 saturated carbocycles. The molecule has 1 aliphatic carbocycles. The van der Waals surface area contributed by atoms with Crippen molar-refractivity contribution in [2.75, 3.05) is 6.54 Å². The molecule has 0 spiro atoms. The topological polar surface area (TPSA) is 57.6 Å². The molecule has 0 heterocycles. The predicted octanol–water partition coefficient (Wildman–Crippen LogP) is 2.52. The molecule has 1 amide bonds. The number of aliphatic carboxylic acids is 1. The van der Waals surface area contributed by atoms with Gasteiger partial charge in [-0.25, -0.2) is 4.79 Å². The van der Waals surface area contributed by atoms with E-state index in [4.69, 9.17) is 0 Å². The van der Waals surface area contributed by atoms with Gasteiger partial charge in [-0.1, -0.05) is 20.8 Å². The Morgan fingerprint density at radius 2 is 1.94 bits per heavy atom. The van der Waals surface area contributed by atoms with Gasteiger partial charge < -0.3 is 10.0 Å². The van der Waals surface area contributed by atoms with Gasteiger partial charge in [-0.15, -0.1) is 0 Å². The van der Waals surface area contributed by atoms with Crippen LogP contribution in [0.4, 0.5) is 0 Å². The third kappa shape index (κ3) is 2.68. The number of carbonyl (C=O) groups excluding carboxylic acids is 1. The van der Waals surface area contributed by atoms with Crippen molar-refractivity contribution in [1.82, 2.24) is 4.90 Å². The fourth-order valence-electron chi connectivity index (χ4n) is 3.04. The highest BCUT2D eigenvalue weighted by atomic mass is 16.4. The van der Waals surface area contributed by atoms with E-state index in [1.807, 2.05) is 6.92 Å². The van der Waals surface area contributed by atoms with E-state index in [2.05, 4.69) is 13.8 Å². The molecule has 1 aliphatic rings. The highest BCUT2D eigenvalue weighted by molar-refractivity contribution is 5.86. The van der Waals surface area contributed by atoms with Crippen LogP contribution >= 0.6 is 0 Å². The predicted molar refractivity (Wildman–Crippen MR) is 70.2 cm³/mol. The first-order valence-corrected chi connectivity index (χ1v) is 6.86. The van der Waals surface area contributed by atoms with Crippen molar-refractivity contribution in [2.45, 2.75) is 58.9 Å². The van der Waals surface area contributed by atoms with Gasteiger partial charge >= 0.3 is 5.97 Å². The Hall–Kier alpha value is -1.06. The van der Waals surface area contributed by atoms with Crippen LogP contribution in [-0.4, -0.2) is 34.0 Å². The maximum Gasteiger partial charge on any atom is 0.329 e. The molecule has 1 N–H and O–H groups in total. The molecular weight excluding hydrogens is 230 g/mol. The minimum atomic E-state index is -0.978. The molecular formula is C14H25NO3. The summed E-state index contributed by atoms with van der Waals surface area (Å²) in [4.78, 5) is 25.1. The fraction of sp³-hybridized carbons (Fsp3) is 0.857. The zero-order valence-electron chi connectivity index (χ0n) is 11.9. The Bertz CT molecular complexity index is 329. The van der Waals surface area contributed by atoms with Crippen molar-refractivity contribution in [1.29, 1.82) is 0 Å². The Morgan fingerprint density at radius 3 is 2.33 bits per heavy atom. The van der Waals surface area contributed by atoms with Crippen molar-refractivity contribution in [3.63, 3.8) is 0 Å². The van der Waals surface area contributed by atoms with E-state index in [1.165, 1.54) is 6.92 Å². The SMILES string of the molecule is CCCN(C(C)=O)C1(C(=O)O)CCC(C)C(C)C1. The van der Waals surface area contributed by atoms with Crippen LogP contribution in [0.15, 0.2) is 0 Å². The smallest absolute Gasteiger partial charge is 0.329 e. The molecule has 0 aromatic rings. The van der Waals surface area contributed by atoms with Gasteiger partial charge in [0, 0.05) is 13.5 Å². The number of carboxylic acids is 1. The van der Waals surface area contributed by atoms with Crippen LogP contribution in [-0.2, 0) is 9.59 Å². The van der Waals surface area contributed by atoms with Crippen molar-refractivity contribution in [2.24, 2.45) is 11.8 Å². The molecule has 3 atom stereocenters. The van der Waals surface area contributed by atoms with Gasteiger partial charge in [0.2, 0.25) is 5.91 Å². The van der Waals surface area contributed by atoms with E-state index in [0.717, 1.165) is 12.8 Å². The lowest BCUT2D eigenvalue weighted by Gasteiger charge is -2.46. The number of nitrogens with zero attached hydrogens (tertiary/aromatic N) is 1. The van der Waals surface area contributed by atoms with E-state index in [9.17, 15) is 14.7 Å². The van der Waals surface area contributed by atoms with E-state index in [0.29, 0.717) is 31.2 Å². The first kappa shape index (κ1) is 15.0. The summed E-state index contributed by atoms with van der Waals surface area (Å²) in [6, 6.07) is 0. The van der Waals surface area contributed by atoms with Gasteiger partial charge in [0.05, 0.1) is 0 Å². The maximum atomic E-state index is 11.8. The van der Waals surface area contributed by atoms with Crippen LogP contribution in [0, 0.1) is 11.8 Å². The van der Waals surface area contributed by atoms with Gasteiger partial charge in [-0.2, -0.15) is 0 Å². The molecule has 1 fully saturated rings. The summed E-state index contributed by atoms with van der Waals surface area (Å²) in [5.74, 6) is -0.0904. The van der Waals surface area contributed by atoms with E-state index < -0.39 is 11.5 Å². The van der Waals surface area contributed by atoms with Gasteiger partial charge in [-0.3, -0.25) is 4.79 Å². The number of carboxylic acid groups (broad SMARTS) is 1. The molecule has 18 heavy (non-hydrogen) atoms. The Morgan fingerprint density at radius 1 is 1.33 bits per heavy atom.